The molecule has 6 nitrogen and oxygen atoms in total. The Balaban J connectivity index is 1.64. The van der Waals surface area contributed by atoms with Crippen LogP contribution < -0.4 is 15.8 Å². The lowest BCUT2D eigenvalue weighted by Gasteiger charge is -2.33. The second-order valence-corrected chi connectivity index (χ2v) is 6.46. The topological polar surface area (TPSA) is 78.1 Å². The van der Waals surface area contributed by atoms with Crippen LogP contribution >= 0.6 is 0 Å². The van der Waals surface area contributed by atoms with E-state index in [1.54, 1.807) is 0 Å². The Bertz CT molecular complexity index is 866. The summed E-state index contributed by atoms with van der Waals surface area (Å²) in [7, 11) is 0. The van der Waals surface area contributed by atoms with E-state index in [1.165, 1.54) is 30.5 Å². The van der Waals surface area contributed by atoms with Crippen molar-refractivity contribution in [1.29, 1.82) is 0 Å². The Labute approximate surface area is 153 Å². The Hall–Kier alpha value is -2.84. The molecule has 1 fully saturated rings. The van der Waals surface area contributed by atoms with Crippen molar-refractivity contribution < 1.29 is 18.0 Å². The fourth-order valence-corrected chi connectivity index (χ4v) is 3.24. The Morgan fingerprint density at radius 3 is 2.85 bits per heavy atom. The van der Waals surface area contributed by atoms with Crippen LogP contribution in [0.1, 0.15) is 24.0 Å². The van der Waals surface area contributed by atoms with Crippen LogP contribution in [-0.4, -0.2) is 29.2 Å². The predicted octanol–water partition coefficient (Wildman–Crippen LogP) is 2.32. The first-order valence-corrected chi connectivity index (χ1v) is 8.57. The number of carbonyl (C=O) groups is 1. The number of halogens is 3. The number of aromatic nitrogens is 2. The normalized spacial score (nSPS) is 17.6. The van der Waals surface area contributed by atoms with E-state index in [2.05, 4.69) is 15.5 Å². The molecule has 1 aliphatic heterocycles. The van der Waals surface area contributed by atoms with Crippen LogP contribution in [0.3, 0.4) is 0 Å². The summed E-state index contributed by atoms with van der Waals surface area (Å²) in [6.07, 6.45) is -1.57. The van der Waals surface area contributed by atoms with Crippen molar-refractivity contribution in [2.45, 2.75) is 25.6 Å². The van der Waals surface area contributed by atoms with Gasteiger partial charge in [-0.3, -0.25) is 9.59 Å². The molecule has 2 N–H and O–H groups in total. The zero-order valence-electron chi connectivity index (χ0n) is 14.4. The van der Waals surface area contributed by atoms with Gasteiger partial charge in [0, 0.05) is 25.7 Å². The Morgan fingerprint density at radius 2 is 2.11 bits per heavy atom. The molecule has 0 radical (unpaired) electrons. The van der Waals surface area contributed by atoms with E-state index < -0.39 is 11.7 Å². The number of nitrogens with zero attached hydrogens (tertiary/aromatic N) is 2. The van der Waals surface area contributed by atoms with Crippen LogP contribution in [0.15, 0.2) is 41.3 Å². The molecule has 0 spiro atoms. The summed E-state index contributed by atoms with van der Waals surface area (Å²) >= 11 is 0. The fourth-order valence-electron chi connectivity index (χ4n) is 3.24. The van der Waals surface area contributed by atoms with Gasteiger partial charge in [0.15, 0.2) is 0 Å². The quantitative estimate of drug-likeness (QED) is 0.853. The number of benzene rings is 1. The first-order valence-electron chi connectivity index (χ1n) is 8.57. The summed E-state index contributed by atoms with van der Waals surface area (Å²) < 4.78 is 39.1. The third-order valence-corrected chi connectivity index (χ3v) is 4.58. The molecular formula is C18H19F3N4O2. The Morgan fingerprint density at radius 1 is 1.33 bits per heavy atom. The van der Waals surface area contributed by atoms with Gasteiger partial charge >= 0.3 is 6.18 Å². The molecule has 0 saturated carbocycles. The van der Waals surface area contributed by atoms with Gasteiger partial charge in [0.25, 0.3) is 5.56 Å². The number of anilines is 1. The van der Waals surface area contributed by atoms with Crippen molar-refractivity contribution in [3.8, 4) is 0 Å². The lowest BCUT2D eigenvalue weighted by molar-refractivity contribution is -0.138. The number of aromatic amines is 1. The molecule has 1 aromatic heterocycles. The largest absolute Gasteiger partial charge is 0.416 e. The minimum atomic E-state index is -4.46. The Kier molecular flexibility index (Phi) is 5.48. The summed E-state index contributed by atoms with van der Waals surface area (Å²) in [5.41, 5.74) is -0.420. The third-order valence-electron chi connectivity index (χ3n) is 4.58. The van der Waals surface area contributed by atoms with Crippen molar-refractivity contribution in [2.24, 2.45) is 5.92 Å². The number of hydrogen-bond donors (Lipinski definition) is 2. The number of carbonyl (C=O) groups excluding carboxylic acids is 1. The molecule has 3 rings (SSSR count). The number of nitrogens with one attached hydrogen (secondary N) is 2. The summed E-state index contributed by atoms with van der Waals surface area (Å²) in [5, 5.41) is 8.66. The highest BCUT2D eigenvalue weighted by Gasteiger charge is 2.33. The van der Waals surface area contributed by atoms with E-state index in [9.17, 15) is 22.8 Å². The van der Waals surface area contributed by atoms with E-state index in [-0.39, 0.29) is 29.5 Å². The van der Waals surface area contributed by atoms with Crippen LogP contribution in [0.4, 0.5) is 18.9 Å². The second kappa shape index (κ2) is 7.81. The van der Waals surface area contributed by atoms with Gasteiger partial charge in [0.2, 0.25) is 5.91 Å². The van der Waals surface area contributed by atoms with Crippen LogP contribution in [0, 0.1) is 5.92 Å². The standard InChI is InChI=1S/C18H19F3N4O2/c19-18(20,21)15-6-2-1-4-12(15)9-22-17(27)13-5-3-7-25(11-13)14-8-16(26)24-23-10-14/h1-2,4,6,8,10,13H,3,5,7,9,11H2,(H,22,27)(H,24,26). The van der Waals surface area contributed by atoms with E-state index in [1.807, 2.05) is 4.90 Å². The number of H-pyrrole nitrogens is 1. The van der Waals surface area contributed by atoms with Gasteiger partial charge < -0.3 is 10.2 Å². The number of piperidine rings is 1. The zero-order valence-corrected chi connectivity index (χ0v) is 14.4. The fraction of sp³-hybridized carbons (Fsp3) is 0.389. The molecule has 1 aromatic carbocycles. The van der Waals surface area contributed by atoms with E-state index >= 15 is 0 Å². The smallest absolute Gasteiger partial charge is 0.369 e. The maximum atomic E-state index is 13.0. The molecule has 1 atom stereocenters. The number of alkyl halides is 3. The molecule has 27 heavy (non-hydrogen) atoms. The molecule has 0 bridgehead atoms. The van der Waals surface area contributed by atoms with Crippen molar-refractivity contribution in [3.63, 3.8) is 0 Å². The monoisotopic (exact) mass is 380 g/mol. The first-order chi connectivity index (χ1) is 12.8. The van der Waals surface area contributed by atoms with Crippen LogP contribution in [0.25, 0.3) is 0 Å². The average Bonchev–Trinajstić information content (AvgIpc) is 2.66. The van der Waals surface area contributed by atoms with E-state index in [4.69, 9.17) is 0 Å². The SMILES string of the molecule is O=C(NCc1ccccc1C(F)(F)F)C1CCCN(c2cn[nH]c(=O)c2)C1. The lowest BCUT2D eigenvalue weighted by Crippen LogP contribution is -2.43. The van der Waals surface area contributed by atoms with Gasteiger partial charge in [0.05, 0.1) is 23.4 Å². The molecule has 0 aliphatic carbocycles. The highest BCUT2D eigenvalue weighted by Crippen LogP contribution is 2.31. The lowest BCUT2D eigenvalue weighted by atomic mass is 9.96. The van der Waals surface area contributed by atoms with Crippen LogP contribution in [0.2, 0.25) is 0 Å². The van der Waals surface area contributed by atoms with Gasteiger partial charge in [-0.05, 0) is 24.5 Å². The highest BCUT2D eigenvalue weighted by molar-refractivity contribution is 5.79. The maximum Gasteiger partial charge on any atom is 0.416 e. The predicted molar refractivity (Wildman–Crippen MR) is 93.1 cm³/mol. The van der Waals surface area contributed by atoms with Gasteiger partial charge in [0.1, 0.15) is 0 Å². The number of rotatable bonds is 4. The molecule has 2 heterocycles. The maximum absolute atomic E-state index is 13.0. The molecule has 1 aliphatic rings. The highest BCUT2D eigenvalue weighted by atomic mass is 19.4. The molecular weight excluding hydrogens is 361 g/mol. The minimum Gasteiger partial charge on any atom is -0.369 e. The minimum absolute atomic E-state index is 0.0322. The zero-order chi connectivity index (χ0) is 19.4. The number of hydrogen-bond acceptors (Lipinski definition) is 4. The number of amides is 1. The van der Waals surface area contributed by atoms with E-state index in [0.717, 1.165) is 12.5 Å². The molecule has 1 saturated heterocycles. The van der Waals surface area contributed by atoms with Gasteiger partial charge in [-0.25, -0.2) is 5.10 Å². The summed E-state index contributed by atoms with van der Waals surface area (Å²) in [6.45, 7) is 0.890. The molecule has 1 amide bonds. The third kappa shape index (κ3) is 4.66. The second-order valence-electron chi connectivity index (χ2n) is 6.46. The first kappa shape index (κ1) is 18.9. The van der Waals surface area contributed by atoms with Crippen LogP contribution in [0.5, 0.6) is 0 Å². The molecule has 9 heteroatoms. The summed E-state index contributed by atoms with van der Waals surface area (Å²) in [6, 6.07) is 6.61. The summed E-state index contributed by atoms with van der Waals surface area (Å²) in [4.78, 5) is 25.8. The average molecular weight is 380 g/mol. The van der Waals surface area contributed by atoms with Crippen LogP contribution in [-0.2, 0) is 17.5 Å². The van der Waals surface area contributed by atoms with Crippen molar-refractivity contribution in [2.75, 3.05) is 18.0 Å². The molecule has 144 valence electrons. The van der Waals surface area contributed by atoms with E-state index in [0.29, 0.717) is 25.2 Å². The molecule has 1 unspecified atom stereocenters. The van der Waals surface area contributed by atoms with Gasteiger partial charge in [-0.2, -0.15) is 18.3 Å². The summed E-state index contributed by atoms with van der Waals surface area (Å²) in [5.74, 6) is -0.662. The van der Waals surface area contributed by atoms with Crippen molar-refractivity contribution in [3.05, 3.63) is 58.0 Å². The molecule has 2 aromatic rings. The van der Waals surface area contributed by atoms with Crippen molar-refractivity contribution >= 4 is 11.6 Å². The van der Waals surface area contributed by atoms with Crippen molar-refractivity contribution in [1.82, 2.24) is 15.5 Å². The van der Waals surface area contributed by atoms with Gasteiger partial charge in [-0.1, -0.05) is 18.2 Å². The van der Waals surface area contributed by atoms with Gasteiger partial charge in [-0.15, -0.1) is 0 Å².